The number of esters is 1. The third kappa shape index (κ3) is 9.80. The van der Waals surface area contributed by atoms with Crippen molar-refractivity contribution in [1.82, 2.24) is 0 Å². The van der Waals surface area contributed by atoms with Gasteiger partial charge < -0.3 is 14.2 Å². The van der Waals surface area contributed by atoms with Crippen LogP contribution in [0, 0.1) is 5.92 Å². The van der Waals surface area contributed by atoms with Crippen LogP contribution in [-0.4, -0.2) is 19.2 Å². The number of ether oxygens (including phenoxy) is 3. The predicted molar refractivity (Wildman–Crippen MR) is 152 cm³/mol. The van der Waals surface area contributed by atoms with Crippen LogP contribution in [0.3, 0.4) is 0 Å². The van der Waals surface area contributed by atoms with Crippen molar-refractivity contribution in [3.63, 3.8) is 0 Å². The molecule has 0 unspecified atom stereocenters. The zero-order valence-electron chi connectivity index (χ0n) is 22.5. The monoisotopic (exact) mass is 500 g/mol. The summed E-state index contributed by atoms with van der Waals surface area (Å²) in [4.78, 5) is 12.6. The van der Waals surface area contributed by atoms with Crippen LogP contribution in [0.2, 0.25) is 0 Å². The SMILES string of the molecule is CCC/C=C\CCCCOc1ccc(OC(=O)c2ccc(-c3ccc(OC[C@@H](C)CC)cc3)cc2)cc1. The van der Waals surface area contributed by atoms with Gasteiger partial charge in [0, 0.05) is 0 Å². The lowest BCUT2D eigenvalue weighted by Gasteiger charge is -2.11. The molecule has 4 nitrogen and oxygen atoms in total. The van der Waals surface area contributed by atoms with Crippen LogP contribution in [0.4, 0.5) is 0 Å². The Kier molecular flexibility index (Phi) is 11.8. The molecule has 0 aliphatic rings. The molecule has 3 aromatic carbocycles. The Balaban J connectivity index is 1.44. The number of carbonyl (C=O) groups is 1. The molecule has 0 N–H and O–H groups in total. The average Bonchev–Trinajstić information content (AvgIpc) is 2.94. The third-order valence-corrected chi connectivity index (χ3v) is 6.23. The van der Waals surface area contributed by atoms with Crippen molar-refractivity contribution in [3.8, 4) is 28.4 Å². The zero-order valence-corrected chi connectivity index (χ0v) is 22.5. The van der Waals surface area contributed by atoms with E-state index in [-0.39, 0.29) is 5.97 Å². The summed E-state index contributed by atoms with van der Waals surface area (Å²) in [5.74, 6) is 2.30. The topological polar surface area (TPSA) is 44.8 Å². The summed E-state index contributed by atoms with van der Waals surface area (Å²) in [6.07, 6.45) is 11.2. The number of allylic oxidation sites excluding steroid dienone is 2. The number of hydrogen-bond donors (Lipinski definition) is 0. The summed E-state index contributed by atoms with van der Waals surface area (Å²) < 4.78 is 17.2. The van der Waals surface area contributed by atoms with Gasteiger partial charge in [-0.15, -0.1) is 0 Å². The number of carbonyl (C=O) groups excluding carboxylic acids is 1. The van der Waals surface area contributed by atoms with E-state index >= 15 is 0 Å². The highest BCUT2D eigenvalue weighted by atomic mass is 16.5. The molecule has 0 saturated heterocycles. The lowest BCUT2D eigenvalue weighted by molar-refractivity contribution is 0.0734. The number of unbranched alkanes of at least 4 members (excludes halogenated alkanes) is 3. The largest absolute Gasteiger partial charge is 0.494 e. The van der Waals surface area contributed by atoms with E-state index in [9.17, 15) is 4.79 Å². The van der Waals surface area contributed by atoms with E-state index in [1.807, 2.05) is 48.5 Å². The number of benzene rings is 3. The highest BCUT2D eigenvalue weighted by Gasteiger charge is 2.10. The Morgan fingerprint density at radius 1 is 0.730 bits per heavy atom. The second-order valence-electron chi connectivity index (χ2n) is 9.39. The van der Waals surface area contributed by atoms with Crippen molar-refractivity contribution in [1.29, 1.82) is 0 Å². The summed E-state index contributed by atoms with van der Waals surface area (Å²) in [7, 11) is 0. The van der Waals surface area contributed by atoms with E-state index in [1.165, 1.54) is 6.42 Å². The average molecular weight is 501 g/mol. The maximum atomic E-state index is 12.6. The first-order valence-electron chi connectivity index (χ1n) is 13.5. The minimum atomic E-state index is -0.384. The summed E-state index contributed by atoms with van der Waals surface area (Å²) in [5.41, 5.74) is 2.61. The Labute approximate surface area is 222 Å². The Morgan fingerprint density at radius 3 is 1.95 bits per heavy atom. The van der Waals surface area contributed by atoms with Crippen LogP contribution in [0.1, 0.15) is 69.7 Å². The van der Waals surface area contributed by atoms with Gasteiger partial charge in [0.1, 0.15) is 17.2 Å². The van der Waals surface area contributed by atoms with Gasteiger partial charge in [-0.1, -0.05) is 70.0 Å². The maximum Gasteiger partial charge on any atom is 0.343 e. The van der Waals surface area contributed by atoms with Crippen LogP contribution < -0.4 is 14.2 Å². The quantitative estimate of drug-likeness (QED) is 0.0904. The van der Waals surface area contributed by atoms with Gasteiger partial charge in [0.15, 0.2) is 0 Å². The molecule has 0 fully saturated rings. The third-order valence-electron chi connectivity index (χ3n) is 6.23. The van der Waals surface area contributed by atoms with Gasteiger partial charge in [0.05, 0.1) is 18.8 Å². The number of hydrogen-bond acceptors (Lipinski definition) is 4. The molecule has 0 bridgehead atoms. The predicted octanol–water partition coefficient (Wildman–Crippen LogP) is 8.90. The van der Waals surface area contributed by atoms with E-state index in [4.69, 9.17) is 14.2 Å². The highest BCUT2D eigenvalue weighted by molar-refractivity contribution is 5.91. The molecule has 1 atom stereocenters. The van der Waals surface area contributed by atoms with Crippen molar-refractivity contribution in [3.05, 3.63) is 90.5 Å². The van der Waals surface area contributed by atoms with Crippen molar-refractivity contribution >= 4 is 5.97 Å². The molecule has 0 spiro atoms. The molecule has 0 aliphatic heterocycles. The minimum absolute atomic E-state index is 0.384. The van der Waals surface area contributed by atoms with Gasteiger partial charge in [0.25, 0.3) is 0 Å². The molecule has 196 valence electrons. The van der Waals surface area contributed by atoms with Crippen LogP contribution in [0.5, 0.6) is 17.2 Å². The molecule has 0 amide bonds. The van der Waals surface area contributed by atoms with Crippen molar-refractivity contribution in [2.75, 3.05) is 13.2 Å². The highest BCUT2D eigenvalue weighted by Crippen LogP contribution is 2.24. The van der Waals surface area contributed by atoms with Gasteiger partial charge in [-0.05, 0) is 91.3 Å². The molecule has 0 aliphatic carbocycles. The van der Waals surface area contributed by atoms with Crippen molar-refractivity contribution in [2.24, 2.45) is 5.92 Å². The molecule has 0 saturated carbocycles. The molecule has 0 aromatic heterocycles. The summed E-state index contributed by atoms with van der Waals surface area (Å²) in [6, 6.07) is 22.7. The van der Waals surface area contributed by atoms with Crippen LogP contribution >= 0.6 is 0 Å². The molecule has 0 radical (unpaired) electrons. The Hall–Kier alpha value is -3.53. The van der Waals surface area contributed by atoms with E-state index < -0.39 is 0 Å². The molecule has 3 aromatic rings. The fourth-order valence-corrected chi connectivity index (χ4v) is 3.63. The summed E-state index contributed by atoms with van der Waals surface area (Å²) >= 11 is 0. The zero-order chi connectivity index (χ0) is 26.3. The molecule has 37 heavy (non-hydrogen) atoms. The first-order chi connectivity index (χ1) is 18.1. The van der Waals surface area contributed by atoms with Crippen molar-refractivity contribution in [2.45, 2.75) is 59.3 Å². The van der Waals surface area contributed by atoms with Gasteiger partial charge in [-0.3, -0.25) is 0 Å². The molecular weight excluding hydrogens is 460 g/mol. The Bertz CT molecular complexity index is 1080. The normalized spacial score (nSPS) is 11.9. The fraction of sp³-hybridized carbons (Fsp3) is 0.364. The summed E-state index contributed by atoms with van der Waals surface area (Å²) in [5, 5.41) is 0. The van der Waals surface area contributed by atoms with E-state index in [2.05, 4.69) is 32.9 Å². The summed E-state index contributed by atoms with van der Waals surface area (Å²) in [6.45, 7) is 7.94. The van der Waals surface area contributed by atoms with Gasteiger partial charge >= 0.3 is 5.97 Å². The first-order valence-corrected chi connectivity index (χ1v) is 13.5. The van der Waals surface area contributed by atoms with Crippen LogP contribution in [0.15, 0.2) is 84.9 Å². The van der Waals surface area contributed by atoms with E-state index in [0.717, 1.165) is 61.3 Å². The maximum absolute atomic E-state index is 12.6. The standard InChI is InChI=1S/C33H40O4/c1-4-6-7-8-9-10-11-24-35-30-20-22-32(23-21-30)37-33(34)29-14-12-27(13-15-29)28-16-18-31(19-17-28)36-25-26(3)5-2/h7-8,12-23,26H,4-6,9-11,24-25H2,1-3H3/b8-7-/t26-/m0/s1. The van der Waals surface area contributed by atoms with Gasteiger partial charge in [0.2, 0.25) is 0 Å². The lowest BCUT2D eigenvalue weighted by Crippen LogP contribution is -2.08. The molecule has 4 heteroatoms. The smallest absolute Gasteiger partial charge is 0.343 e. The second-order valence-corrected chi connectivity index (χ2v) is 9.39. The lowest BCUT2D eigenvalue weighted by atomic mass is 10.0. The minimum Gasteiger partial charge on any atom is -0.494 e. The van der Waals surface area contributed by atoms with E-state index in [1.54, 1.807) is 24.3 Å². The van der Waals surface area contributed by atoms with Gasteiger partial charge in [-0.2, -0.15) is 0 Å². The molecular formula is C33H40O4. The molecule has 0 heterocycles. The Morgan fingerprint density at radius 2 is 1.30 bits per heavy atom. The first kappa shape index (κ1) is 28.0. The van der Waals surface area contributed by atoms with Crippen LogP contribution in [-0.2, 0) is 0 Å². The van der Waals surface area contributed by atoms with Gasteiger partial charge in [-0.25, -0.2) is 4.79 Å². The van der Waals surface area contributed by atoms with E-state index in [0.29, 0.717) is 23.8 Å². The van der Waals surface area contributed by atoms with Crippen molar-refractivity contribution < 1.29 is 19.0 Å². The molecule has 3 rings (SSSR count). The van der Waals surface area contributed by atoms with Crippen LogP contribution in [0.25, 0.3) is 11.1 Å². The second kappa shape index (κ2) is 15.6. The fourth-order valence-electron chi connectivity index (χ4n) is 3.63. The number of rotatable bonds is 15.